The Balaban J connectivity index is 2.12. The van der Waals surface area contributed by atoms with Crippen molar-refractivity contribution in [1.29, 1.82) is 0 Å². The van der Waals surface area contributed by atoms with E-state index in [1.165, 1.54) is 53.8 Å². The van der Waals surface area contributed by atoms with Gasteiger partial charge in [-0.1, -0.05) is 37.1 Å². The third-order valence-electron chi connectivity index (χ3n) is 5.02. The van der Waals surface area contributed by atoms with Gasteiger partial charge in [-0.15, -0.1) is 0 Å². The molecule has 0 radical (unpaired) electrons. The van der Waals surface area contributed by atoms with Crippen molar-refractivity contribution in [2.24, 2.45) is 0 Å². The molecule has 3 nitrogen and oxygen atoms in total. The summed E-state index contributed by atoms with van der Waals surface area (Å²) < 4.78 is 7.15. The zero-order chi connectivity index (χ0) is 15.8. The predicted octanol–water partition coefficient (Wildman–Crippen LogP) is 4.54. The summed E-state index contributed by atoms with van der Waals surface area (Å²) in [4.78, 5) is 12.5. The van der Waals surface area contributed by atoms with Crippen LogP contribution in [0, 0.1) is 0 Å². The van der Waals surface area contributed by atoms with Crippen molar-refractivity contribution in [3.05, 3.63) is 53.3 Å². The number of rotatable bonds is 1. The second-order valence-corrected chi connectivity index (χ2v) is 6.33. The van der Waals surface area contributed by atoms with Crippen molar-refractivity contribution in [3.63, 3.8) is 0 Å². The van der Waals surface area contributed by atoms with E-state index >= 15 is 0 Å². The molecule has 2 heterocycles. The highest BCUT2D eigenvalue weighted by Gasteiger charge is 2.25. The number of carbonyl (C=O) groups excluding carboxylic acids is 1. The average Bonchev–Trinajstić information content (AvgIpc) is 2.87. The molecule has 118 valence electrons. The van der Waals surface area contributed by atoms with Gasteiger partial charge in [-0.2, -0.15) is 0 Å². The SMILES string of the molecule is COC(=O)c1c2c(c3c4ccccc4ccn13)CCCCCC2. The maximum absolute atomic E-state index is 12.5. The highest BCUT2D eigenvalue weighted by atomic mass is 16.5. The molecule has 0 bridgehead atoms. The van der Waals surface area contributed by atoms with Crippen LogP contribution in [0.3, 0.4) is 0 Å². The summed E-state index contributed by atoms with van der Waals surface area (Å²) in [7, 11) is 1.47. The van der Waals surface area contributed by atoms with Crippen LogP contribution in [0.1, 0.15) is 47.3 Å². The molecule has 1 aliphatic rings. The molecule has 0 amide bonds. The summed E-state index contributed by atoms with van der Waals surface area (Å²) >= 11 is 0. The summed E-state index contributed by atoms with van der Waals surface area (Å²) in [5.41, 5.74) is 4.47. The standard InChI is InChI=1S/C20H21NO2/c1-23-20(22)19-17-11-5-3-2-4-10-16(17)18-15-9-7-6-8-14(15)12-13-21(18)19/h6-9,12-13H,2-5,10-11H2,1H3. The van der Waals surface area contributed by atoms with Gasteiger partial charge in [0, 0.05) is 11.6 Å². The van der Waals surface area contributed by atoms with E-state index in [1.807, 2.05) is 6.20 Å². The van der Waals surface area contributed by atoms with Crippen LogP contribution in [-0.4, -0.2) is 17.5 Å². The normalized spacial score (nSPS) is 15.2. The molecule has 0 spiro atoms. The lowest BCUT2D eigenvalue weighted by molar-refractivity contribution is 0.0591. The molecular formula is C20H21NO2. The quantitative estimate of drug-likeness (QED) is 0.618. The molecule has 0 saturated carbocycles. The van der Waals surface area contributed by atoms with Crippen molar-refractivity contribution in [3.8, 4) is 0 Å². The van der Waals surface area contributed by atoms with Crippen molar-refractivity contribution >= 4 is 22.3 Å². The predicted molar refractivity (Wildman–Crippen MR) is 92.1 cm³/mol. The maximum Gasteiger partial charge on any atom is 0.355 e. The number of aromatic nitrogens is 1. The van der Waals surface area contributed by atoms with E-state index in [9.17, 15) is 4.79 Å². The van der Waals surface area contributed by atoms with Crippen LogP contribution in [-0.2, 0) is 17.6 Å². The lowest BCUT2D eigenvalue weighted by Gasteiger charge is -2.11. The van der Waals surface area contributed by atoms with Crippen LogP contribution < -0.4 is 0 Å². The van der Waals surface area contributed by atoms with Crippen LogP contribution in [0.2, 0.25) is 0 Å². The van der Waals surface area contributed by atoms with E-state index in [1.54, 1.807) is 0 Å². The van der Waals surface area contributed by atoms with Gasteiger partial charge in [0.1, 0.15) is 5.69 Å². The summed E-state index contributed by atoms with van der Waals surface area (Å²) in [6.45, 7) is 0. The number of methoxy groups -OCH3 is 1. The first kappa shape index (κ1) is 14.3. The van der Waals surface area contributed by atoms with Crippen molar-refractivity contribution in [2.75, 3.05) is 7.11 Å². The Labute approximate surface area is 135 Å². The summed E-state index contributed by atoms with van der Waals surface area (Å²) in [5, 5.41) is 2.45. The van der Waals surface area contributed by atoms with Gasteiger partial charge >= 0.3 is 5.97 Å². The molecule has 0 aliphatic heterocycles. The molecule has 0 saturated heterocycles. The summed E-state index contributed by atoms with van der Waals surface area (Å²) in [6, 6.07) is 10.5. The van der Waals surface area contributed by atoms with E-state index in [2.05, 4.69) is 34.7 Å². The lowest BCUT2D eigenvalue weighted by Crippen LogP contribution is -2.09. The van der Waals surface area contributed by atoms with Crippen LogP contribution in [0.5, 0.6) is 0 Å². The maximum atomic E-state index is 12.5. The minimum atomic E-state index is -0.225. The van der Waals surface area contributed by atoms with E-state index in [4.69, 9.17) is 4.74 Å². The molecule has 0 fully saturated rings. The Morgan fingerprint density at radius 1 is 1.00 bits per heavy atom. The molecule has 0 atom stereocenters. The molecule has 1 aromatic carbocycles. The number of esters is 1. The molecule has 23 heavy (non-hydrogen) atoms. The highest BCUT2D eigenvalue weighted by molar-refractivity contribution is 6.02. The van der Waals surface area contributed by atoms with Gasteiger partial charge < -0.3 is 9.14 Å². The van der Waals surface area contributed by atoms with Gasteiger partial charge in [0.2, 0.25) is 0 Å². The molecule has 0 N–H and O–H groups in total. The summed E-state index contributed by atoms with van der Waals surface area (Å²) in [6.07, 6.45) is 8.89. The monoisotopic (exact) mass is 307 g/mol. The minimum absolute atomic E-state index is 0.225. The molecule has 1 aliphatic carbocycles. The Morgan fingerprint density at radius 2 is 1.74 bits per heavy atom. The van der Waals surface area contributed by atoms with Gasteiger partial charge in [0.25, 0.3) is 0 Å². The fourth-order valence-corrected chi connectivity index (χ4v) is 3.96. The number of carbonyl (C=O) groups is 1. The lowest BCUT2D eigenvalue weighted by atomic mass is 9.93. The molecule has 2 aromatic heterocycles. The third-order valence-corrected chi connectivity index (χ3v) is 5.02. The number of aryl methyl sites for hydroxylation is 1. The Morgan fingerprint density at radius 3 is 2.52 bits per heavy atom. The van der Waals surface area contributed by atoms with Gasteiger partial charge in [-0.05, 0) is 48.3 Å². The molecule has 3 aromatic rings. The largest absolute Gasteiger partial charge is 0.464 e. The molecule has 0 unspecified atom stereocenters. The first-order valence-corrected chi connectivity index (χ1v) is 8.43. The Kier molecular flexibility index (Phi) is 3.56. The second-order valence-electron chi connectivity index (χ2n) is 6.33. The smallest absolute Gasteiger partial charge is 0.355 e. The number of ether oxygens (including phenoxy) is 1. The topological polar surface area (TPSA) is 30.7 Å². The number of pyridine rings is 1. The third kappa shape index (κ3) is 2.23. The minimum Gasteiger partial charge on any atom is -0.464 e. The summed E-state index contributed by atoms with van der Waals surface area (Å²) in [5.74, 6) is -0.225. The average molecular weight is 307 g/mol. The van der Waals surface area contributed by atoms with Crippen molar-refractivity contribution < 1.29 is 9.53 Å². The van der Waals surface area contributed by atoms with Crippen molar-refractivity contribution in [2.45, 2.75) is 38.5 Å². The molecule has 4 rings (SSSR count). The van der Waals surface area contributed by atoms with E-state index in [-0.39, 0.29) is 5.97 Å². The van der Waals surface area contributed by atoms with Gasteiger partial charge in [0.15, 0.2) is 0 Å². The van der Waals surface area contributed by atoms with Crippen LogP contribution in [0.4, 0.5) is 0 Å². The zero-order valence-electron chi connectivity index (χ0n) is 13.5. The van der Waals surface area contributed by atoms with Crippen LogP contribution in [0.15, 0.2) is 36.5 Å². The number of benzene rings is 1. The molecular weight excluding hydrogens is 286 g/mol. The van der Waals surface area contributed by atoms with E-state index < -0.39 is 0 Å². The first-order valence-electron chi connectivity index (χ1n) is 8.43. The van der Waals surface area contributed by atoms with Gasteiger partial charge in [-0.25, -0.2) is 4.79 Å². The van der Waals surface area contributed by atoms with E-state index in [0.717, 1.165) is 25.0 Å². The van der Waals surface area contributed by atoms with Crippen molar-refractivity contribution in [1.82, 2.24) is 4.40 Å². The van der Waals surface area contributed by atoms with E-state index in [0.29, 0.717) is 0 Å². The van der Waals surface area contributed by atoms with Gasteiger partial charge in [-0.3, -0.25) is 0 Å². The first-order chi connectivity index (χ1) is 11.3. The second kappa shape index (κ2) is 5.73. The Hall–Kier alpha value is -2.29. The number of nitrogens with zero attached hydrogens (tertiary/aromatic N) is 1. The van der Waals surface area contributed by atoms with Gasteiger partial charge in [0.05, 0.1) is 12.6 Å². The zero-order valence-corrected chi connectivity index (χ0v) is 13.5. The number of hydrogen-bond donors (Lipinski definition) is 0. The van der Waals surface area contributed by atoms with Crippen LogP contribution >= 0.6 is 0 Å². The highest BCUT2D eigenvalue weighted by Crippen LogP contribution is 2.34. The molecule has 3 heteroatoms. The van der Waals surface area contributed by atoms with Crippen LogP contribution in [0.25, 0.3) is 16.3 Å². The fourth-order valence-electron chi connectivity index (χ4n) is 3.96. The number of hydrogen-bond acceptors (Lipinski definition) is 2. The fraction of sp³-hybridized carbons (Fsp3) is 0.350. The number of fused-ring (bicyclic) bond motifs is 5. The Bertz CT molecular complexity index is 891.